The lowest BCUT2D eigenvalue weighted by molar-refractivity contribution is -0.183. The number of aliphatic carboxylic acids is 1. The van der Waals surface area contributed by atoms with Crippen molar-refractivity contribution in [2.45, 2.75) is 229 Å². The maximum absolute atomic E-state index is 14.0. The van der Waals surface area contributed by atoms with Crippen molar-refractivity contribution in [2.75, 3.05) is 92.4 Å². The van der Waals surface area contributed by atoms with Crippen molar-refractivity contribution < 1.29 is 116 Å². The van der Waals surface area contributed by atoms with Crippen molar-refractivity contribution >= 4 is 70.5 Å². The van der Waals surface area contributed by atoms with Crippen LogP contribution in [0.2, 0.25) is 15.1 Å². The molecule has 0 radical (unpaired) electrons. The predicted molar refractivity (Wildman–Crippen MR) is 473 cm³/mol. The van der Waals surface area contributed by atoms with Gasteiger partial charge in [0.2, 0.25) is 0 Å². The van der Waals surface area contributed by atoms with Gasteiger partial charge in [-0.25, -0.2) is 19.2 Å². The average molecular weight is 1910 g/mol. The Hall–Kier alpha value is -8.50. The van der Waals surface area contributed by atoms with Crippen LogP contribution in [-0.2, 0) is 81.0 Å². The molecule has 6 aromatic carbocycles. The summed E-state index contributed by atoms with van der Waals surface area (Å²) in [5.41, 5.74) is 5.33. The lowest BCUT2D eigenvalue weighted by atomic mass is 9.79. The summed E-state index contributed by atoms with van der Waals surface area (Å²) in [6, 6.07) is 29.2. The smallest absolute Gasteiger partial charge is 0.416 e. The summed E-state index contributed by atoms with van der Waals surface area (Å²) >= 11 is 17.6. The highest BCUT2D eigenvalue weighted by Crippen LogP contribution is 2.54. The first-order chi connectivity index (χ1) is 62.8. The molecule has 34 heteroatoms. The van der Waals surface area contributed by atoms with E-state index in [9.17, 15) is 78.5 Å². The topological polar surface area (TPSA) is 259 Å². The second kappa shape index (κ2) is 41.6. The second-order valence-corrected chi connectivity index (χ2v) is 38.3. The van der Waals surface area contributed by atoms with E-state index in [4.69, 9.17) is 78.4 Å². The van der Waals surface area contributed by atoms with Crippen molar-refractivity contribution in [3.05, 3.63) is 191 Å². The zero-order valence-electron chi connectivity index (χ0n) is 74.9. The number of hydrogen-bond donors (Lipinski definition) is 3. The van der Waals surface area contributed by atoms with Crippen LogP contribution in [0.4, 0.5) is 39.5 Å². The van der Waals surface area contributed by atoms with E-state index >= 15 is 0 Å². The minimum atomic E-state index is -4.56. The number of halogens is 12. The number of nitrogens with zero attached hydrogens (tertiary/aromatic N) is 5. The second-order valence-electron chi connectivity index (χ2n) is 37.1. The molecule has 0 unspecified atom stereocenters. The van der Waals surface area contributed by atoms with Crippen molar-refractivity contribution in [3.8, 4) is 17.2 Å². The number of likely N-dealkylation sites (tertiary alicyclic amines) is 3. The maximum atomic E-state index is 14.0. The number of phenolic OH excluding ortho intramolecular Hbond substituents is 1. The number of esters is 3. The van der Waals surface area contributed by atoms with Gasteiger partial charge in [0.25, 0.3) is 11.8 Å². The molecule has 0 spiro atoms. The number of alkyl halides is 9. The fourth-order valence-corrected chi connectivity index (χ4v) is 21.8. The molecule has 718 valence electrons. The summed E-state index contributed by atoms with van der Waals surface area (Å²) in [7, 11) is 0. The maximum Gasteiger partial charge on any atom is 0.416 e. The number of aromatic hydroxyl groups is 1. The van der Waals surface area contributed by atoms with E-state index in [-0.39, 0.29) is 136 Å². The van der Waals surface area contributed by atoms with E-state index in [0.29, 0.717) is 123 Å². The number of ether oxygens (including phenoxy) is 8. The Balaban J connectivity index is 0.000000150. The molecule has 3 aliphatic carbocycles. The van der Waals surface area contributed by atoms with Gasteiger partial charge in [-0.3, -0.25) is 24.3 Å². The minimum absolute atomic E-state index is 0.0124. The van der Waals surface area contributed by atoms with Crippen LogP contribution in [0.15, 0.2) is 109 Å². The van der Waals surface area contributed by atoms with E-state index in [2.05, 4.69) is 53.7 Å². The molecule has 0 bridgehead atoms. The fourth-order valence-electron chi connectivity index (χ4n) is 20.9. The predicted octanol–water partition coefficient (Wildman–Crippen LogP) is 19.6. The highest BCUT2D eigenvalue weighted by molar-refractivity contribution is 6.33. The first kappa shape index (κ1) is 99.5. The van der Waals surface area contributed by atoms with E-state index in [0.717, 1.165) is 158 Å². The number of carboxylic acid groups (broad SMARTS) is 1. The average Bonchev–Trinajstić information content (AvgIpc) is 1.62. The number of piperidine rings is 3. The third kappa shape index (κ3) is 22.4. The number of phenols is 1. The Bertz CT molecular complexity index is 4920. The van der Waals surface area contributed by atoms with Gasteiger partial charge in [0.15, 0.2) is 19.1 Å². The molecule has 17 rings (SSSR count). The quantitative estimate of drug-likeness (QED) is 0.0387. The lowest BCUT2D eigenvalue weighted by Gasteiger charge is -2.47. The summed E-state index contributed by atoms with van der Waals surface area (Å²) in [5, 5.41) is 18.4. The summed E-state index contributed by atoms with van der Waals surface area (Å²) in [5.74, 6) is 0.520. The van der Waals surface area contributed by atoms with Crippen molar-refractivity contribution in [2.24, 2.45) is 41.2 Å². The van der Waals surface area contributed by atoms with Crippen LogP contribution < -0.4 is 15.2 Å². The van der Waals surface area contributed by atoms with Crippen molar-refractivity contribution in [1.82, 2.24) is 24.5 Å². The number of carboxylic acids is 1. The van der Waals surface area contributed by atoms with Crippen LogP contribution in [-0.4, -0.2) is 198 Å². The van der Waals surface area contributed by atoms with Gasteiger partial charge in [0.1, 0.15) is 28.5 Å². The van der Waals surface area contributed by atoms with Gasteiger partial charge in [-0.15, -0.1) is 0 Å². The number of hydrogen-bond acceptors (Lipinski definition) is 19. The summed E-state index contributed by atoms with van der Waals surface area (Å²) < 4.78 is 163. The Morgan fingerprint density at radius 3 is 1.05 bits per heavy atom. The van der Waals surface area contributed by atoms with Gasteiger partial charge in [-0.2, -0.15) is 39.5 Å². The van der Waals surface area contributed by atoms with Gasteiger partial charge >= 0.3 is 42.4 Å². The van der Waals surface area contributed by atoms with Crippen molar-refractivity contribution in [1.29, 1.82) is 0 Å². The molecule has 9 fully saturated rings. The third-order valence-corrected chi connectivity index (χ3v) is 29.2. The van der Waals surface area contributed by atoms with E-state index in [1.165, 1.54) is 15.4 Å². The summed E-state index contributed by atoms with van der Waals surface area (Å²) in [4.78, 5) is 86.8. The Morgan fingerprint density at radius 1 is 0.447 bits per heavy atom. The highest BCUT2D eigenvalue weighted by atomic mass is 35.5. The highest BCUT2D eigenvalue weighted by Gasteiger charge is 2.59. The number of carbonyl (C=O) groups is 6. The van der Waals surface area contributed by atoms with Crippen molar-refractivity contribution in [3.63, 3.8) is 0 Å². The van der Waals surface area contributed by atoms with Gasteiger partial charge < -0.3 is 63.6 Å². The van der Waals surface area contributed by atoms with Crippen LogP contribution in [0.3, 0.4) is 0 Å². The Morgan fingerprint density at radius 2 is 0.765 bits per heavy atom. The number of carbonyl (C=O) groups excluding carboxylic acids is 5. The monoisotopic (exact) mass is 1910 g/mol. The molecule has 6 aromatic rings. The molecule has 11 aliphatic rings. The molecule has 12 atom stereocenters. The van der Waals surface area contributed by atoms with Gasteiger partial charge in [-0.1, -0.05) is 92.0 Å². The van der Waals surface area contributed by atoms with Crippen LogP contribution >= 0.6 is 34.8 Å². The molecule has 8 aliphatic heterocycles. The van der Waals surface area contributed by atoms with Gasteiger partial charge in [0, 0.05) is 61.0 Å². The zero-order chi connectivity index (χ0) is 94.7. The minimum Gasteiger partial charge on any atom is -0.506 e. The first-order valence-corrected chi connectivity index (χ1v) is 47.0. The first-order valence-electron chi connectivity index (χ1n) is 45.9. The largest absolute Gasteiger partial charge is 0.506 e. The molecule has 6 saturated heterocycles. The summed E-state index contributed by atoms with van der Waals surface area (Å²) in [6.45, 7) is 19.6. The van der Waals surface area contributed by atoms with Gasteiger partial charge in [0.05, 0.1) is 101 Å². The van der Waals surface area contributed by atoms with E-state index in [1.807, 2.05) is 49.4 Å². The normalized spacial score (nSPS) is 27.2. The molecule has 132 heavy (non-hydrogen) atoms. The number of amides is 2. The van der Waals surface area contributed by atoms with E-state index < -0.39 is 63.7 Å². The van der Waals surface area contributed by atoms with Gasteiger partial charge in [-0.05, 0) is 279 Å². The van der Waals surface area contributed by atoms with E-state index in [1.54, 1.807) is 26.0 Å². The number of fused-ring (bicyclic) bond motifs is 2. The molecule has 0 aromatic heterocycles. The Kier molecular flexibility index (Phi) is 31.3. The molecule has 3 saturated carbocycles. The fraction of sp³-hybridized carbons (Fsp3) is 0.571. The van der Waals surface area contributed by atoms with Crippen LogP contribution in [0.25, 0.3) is 0 Å². The lowest BCUT2D eigenvalue weighted by Crippen LogP contribution is -2.59. The van der Waals surface area contributed by atoms with Crippen LogP contribution in [0, 0.1) is 35.5 Å². The number of rotatable bonds is 19. The third-order valence-electron chi connectivity index (χ3n) is 28.4. The Labute approximate surface area is 777 Å². The van der Waals surface area contributed by atoms with Crippen LogP contribution in [0.5, 0.6) is 17.2 Å². The SMILES string of the molecule is CCOC(=O)c1cccc([C@H]2CCN([C@@H]3CC[C@@](C(=O)N4COc5c(Cl)cc(C(F)(F)F)cc5C4)(C4CC4)OC3)C[C@@H]2C)c1.CCOC(=O)c1cccc([C@H]2CCN([C@@H]3CC[C@@](C(=O)N4COc5c(Cl)cc(C(F)(F)F)cc5C4)(C4CC4)OC3)C[C@@H]2C)c1.CCOC(=O)c1cccc([C@H]2CCN([C@@H]3CC[C@@](C(=O)O)(C4CC4)OC3)C[C@@H]2C)c1.NCc1cc(C(F)(F)F)cc(Cl)c1O. The summed E-state index contributed by atoms with van der Waals surface area (Å²) in [6.07, 6.45) is -0.948. The zero-order valence-corrected chi connectivity index (χ0v) is 77.2. The molecule has 2 amide bonds. The molecular formula is C98H116Cl3F9N6O16. The number of benzene rings is 6. The number of nitrogens with two attached hydrogens (primary N) is 1. The molecule has 4 N–H and O–H groups in total. The molecule has 8 heterocycles. The standard InChI is InChI=1S/2C33H38ClF3N2O5.C24H33NO5.C8H7ClF3NO/c2*1-3-42-30(40)22-6-4-5-21(13-22)27-10-12-38(16-20(27)2)26-9-11-32(44-18-26,24-7-8-24)31(41)39-17-23-14-25(33(35,36)37)15-28(34)29(23)43-19-39;1-3-29-22(26)18-6-4-5-17(13-18)21-10-12-25(14-16(21)2)20-9-11-24(23(27)28,30-15-20)19-7-8-19;9-6-2-5(8(10,11)12)1-4(3-13)7(6)14/h2*4-6,13-15,20,24,26-27H,3,7-12,16-19H2,1-2H3;4-6,13,16,19-21H,3,7-12,14-15H2,1-2H3,(H,27,28);1-2,14H,3,13H2/t2*20-,26+,27-,32-;16-,20+,21-,24-;/m000./s1. The van der Waals surface area contributed by atoms with Crippen LogP contribution in [0.1, 0.15) is 237 Å². The molecule has 22 nitrogen and oxygen atoms in total. The molecular weight excluding hydrogens is 1790 g/mol.